The number of carbonyl (C=O) groups excluding carboxylic acids is 2. The van der Waals surface area contributed by atoms with E-state index in [2.05, 4.69) is 10.0 Å². The topological polar surface area (TPSA) is 111 Å². The molecule has 6 atom stereocenters. The molecular formula is C34H58N2O6S. The van der Waals surface area contributed by atoms with E-state index in [1.165, 1.54) is 64.2 Å². The Labute approximate surface area is 260 Å². The molecule has 5 saturated carbocycles. The minimum atomic E-state index is -3.92. The van der Waals surface area contributed by atoms with Gasteiger partial charge < -0.3 is 14.8 Å². The third kappa shape index (κ3) is 9.90. The molecule has 0 saturated heterocycles. The zero-order valence-corrected chi connectivity index (χ0v) is 27.3. The molecule has 0 aliphatic heterocycles. The summed E-state index contributed by atoms with van der Waals surface area (Å²) >= 11 is 0. The maximum atomic E-state index is 13.6. The fourth-order valence-electron chi connectivity index (χ4n) is 8.55. The summed E-state index contributed by atoms with van der Waals surface area (Å²) < 4.78 is 42.1. The third-order valence-corrected chi connectivity index (χ3v) is 13.1. The summed E-state index contributed by atoms with van der Waals surface area (Å²) in [6.07, 6.45) is 22.2. The van der Waals surface area contributed by atoms with Gasteiger partial charge in [0.25, 0.3) is 0 Å². The van der Waals surface area contributed by atoms with Crippen molar-refractivity contribution < 1.29 is 27.5 Å². The second-order valence-corrected chi connectivity index (χ2v) is 16.5. The fraction of sp³-hybridized carbons (Fsp3) is 0.941. The monoisotopic (exact) mass is 622 g/mol. The number of carbonyl (C=O) groups is 2. The molecule has 246 valence electrons. The Kier molecular flexibility index (Phi) is 12.7. The van der Waals surface area contributed by atoms with Crippen LogP contribution in [-0.2, 0) is 29.1 Å². The van der Waals surface area contributed by atoms with Crippen molar-refractivity contribution in [2.24, 2.45) is 23.7 Å². The minimum Gasteiger partial charge on any atom is -0.378 e. The Bertz CT molecular complexity index is 993. The number of nitrogens with one attached hydrogen (secondary N) is 2. The average Bonchev–Trinajstić information content (AvgIpc) is 3.04. The van der Waals surface area contributed by atoms with Crippen LogP contribution in [0.25, 0.3) is 0 Å². The molecule has 0 bridgehead atoms. The number of hydrogen-bond donors (Lipinski definition) is 2. The second-order valence-electron chi connectivity index (χ2n) is 14.6. The lowest BCUT2D eigenvalue weighted by Crippen LogP contribution is -2.54. The molecule has 0 aromatic heterocycles. The summed E-state index contributed by atoms with van der Waals surface area (Å²) in [5.41, 5.74) is 0. The smallest absolute Gasteiger partial charge is 0.239 e. The highest BCUT2D eigenvalue weighted by Crippen LogP contribution is 2.32. The van der Waals surface area contributed by atoms with Crippen LogP contribution in [0.5, 0.6) is 0 Å². The van der Waals surface area contributed by atoms with Gasteiger partial charge in [-0.3, -0.25) is 14.3 Å². The highest BCUT2D eigenvalue weighted by atomic mass is 32.2. The summed E-state index contributed by atoms with van der Waals surface area (Å²) in [4.78, 5) is 26.7. The molecule has 2 amide bonds. The molecule has 2 N–H and O–H groups in total. The lowest BCUT2D eigenvalue weighted by Gasteiger charge is -2.35. The molecule has 0 spiro atoms. The van der Waals surface area contributed by atoms with Gasteiger partial charge in [0.1, 0.15) is 5.25 Å². The van der Waals surface area contributed by atoms with Crippen molar-refractivity contribution in [3.05, 3.63) is 0 Å². The van der Waals surface area contributed by atoms with Crippen LogP contribution in [-0.4, -0.2) is 56.9 Å². The van der Waals surface area contributed by atoms with Crippen LogP contribution in [0.15, 0.2) is 0 Å². The normalized spacial score (nSPS) is 33.5. The molecule has 6 unspecified atom stereocenters. The molecule has 0 heterocycles. The van der Waals surface area contributed by atoms with Crippen LogP contribution in [0, 0.1) is 23.7 Å². The Morgan fingerprint density at radius 3 is 1.60 bits per heavy atom. The van der Waals surface area contributed by atoms with Gasteiger partial charge in [0.05, 0.1) is 12.2 Å². The van der Waals surface area contributed by atoms with Gasteiger partial charge in [-0.05, 0) is 88.9 Å². The predicted octanol–water partition coefficient (Wildman–Crippen LogP) is 6.17. The molecule has 5 fully saturated rings. The van der Waals surface area contributed by atoms with Crippen LogP contribution in [0.1, 0.15) is 141 Å². The Balaban J connectivity index is 1.09. The van der Waals surface area contributed by atoms with Crippen molar-refractivity contribution in [1.29, 1.82) is 0 Å². The van der Waals surface area contributed by atoms with Crippen molar-refractivity contribution in [3.63, 3.8) is 0 Å². The van der Waals surface area contributed by atoms with Crippen molar-refractivity contribution in [3.8, 4) is 0 Å². The molecule has 0 aromatic carbocycles. The first-order chi connectivity index (χ1) is 20.9. The quantitative estimate of drug-likeness (QED) is 0.285. The van der Waals surface area contributed by atoms with Crippen LogP contribution in [0.4, 0.5) is 0 Å². The third-order valence-electron chi connectivity index (χ3n) is 11.3. The van der Waals surface area contributed by atoms with Crippen molar-refractivity contribution >= 4 is 21.8 Å². The first-order valence-electron chi connectivity index (χ1n) is 18.0. The lowest BCUT2D eigenvalue weighted by atomic mass is 9.85. The van der Waals surface area contributed by atoms with E-state index in [9.17, 15) is 18.0 Å². The van der Waals surface area contributed by atoms with Crippen LogP contribution < -0.4 is 10.0 Å². The van der Waals surface area contributed by atoms with Gasteiger partial charge >= 0.3 is 0 Å². The van der Waals surface area contributed by atoms with Crippen LogP contribution >= 0.6 is 0 Å². The first kappa shape index (κ1) is 33.2. The molecule has 0 aromatic rings. The maximum absolute atomic E-state index is 13.6. The molecule has 5 rings (SSSR count). The Morgan fingerprint density at radius 1 is 0.558 bits per heavy atom. The summed E-state index contributed by atoms with van der Waals surface area (Å²) in [5, 5.41) is 2.35. The van der Waals surface area contributed by atoms with E-state index in [4.69, 9.17) is 9.47 Å². The van der Waals surface area contributed by atoms with Crippen molar-refractivity contribution in [2.45, 2.75) is 165 Å². The van der Waals surface area contributed by atoms with Crippen LogP contribution in [0.2, 0.25) is 0 Å². The fourth-order valence-corrected chi connectivity index (χ4v) is 10.3. The number of hydrogen-bond acceptors (Lipinski definition) is 6. The summed E-state index contributed by atoms with van der Waals surface area (Å²) in [5.74, 6) is 0.346. The first-order valence-corrected chi connectivity index (χ1v) is 19.5. The number of amides is 2. The van der Waals surface area contributed by atoms with Gasteiger partial charge in [0.2, 0.25) is 21.8 Å². The van der Waals surface area contributed by atoms with E-state index >= 15 is 0 Å². The van der Waals surface area contributed by atoms with Gasteiger partial charge in [-0.25, -0.2) is 8.42 Å². The van der Waals surface area contributed by atoms with E-state index in [1.54, 1.807) is 0 Å². The van der Waals surface area contributed by atoms with Gasteiger partial charge in [0, 0.05) is 31.1 Å². The number of sulfonamides is 1. The van der Waals surface area contributed by atoms with E-state index < -0.39 is 27.2 Å². The van der Waals surface area contributed by atoms with Crippen molar-refractivity contribution in [2.75, 3.05) is 13.2 Å². The highest BCUT2D eigenvalue weighted by molar-refractivity contribution is 7.90. The van der Waals surface area contributed by atoms with E-state index in [0.29, 0.717) is 43.9 Å². The molecular weight excluding hydrogens is 564 g/mol. The lowest BCUT2D eigenvalue weighted by molar-refractivity contribution is -0.129. The molecule has 8 nitrogen and oxygen atoms in total. The zero-order chi connectivity index (χ0) is 30.1. The van der Waals surface area contributed by atoms with E-state index in [-0.39, 0.29) is 30.0 Å². The summed E-state index contributed by atoms with van der Waals surface area (Å²) in [7, 11) is -3.92. The van der Waals surface area contributed by atoms with Gasteiger partial charge in [-0.15, -0.1) is 0 Å². The van der Waals surface area contributed by atoms with Gasteiger partial charge in [-0.1, -0.05) is 64.2 Å². The molecule has 5 aliphatic rings. The van der Waals surface area contributed by atoms with Crippen molar-refractivity contribution in [1.82, 2.24) is 10.0 Å². The Morgan fingerprint density at radius 2 is 1.05 bits per heavy atom. The largest absolute Gasteiger partial charge is 0.378 e. The van der Waals surface area contributed by atoms with Crippen LogP contribution in [0.3, 0.4) is 0 Å². The van der Waals surface area contributed by atoms with E-state index in [0.717, 1.165) is 58.2 Å². The molecule has 5 aliphatic carbocycles. The second kappa shape index (κ2) is 16.4. The summed E-state index contributed by atoms with van der Waals surface area (Å²) in [6, 6.07) is -0.465. The predicted molar refractivity (Wildman–Crippen MR) is 168 cm³/mol. The number of ether oxygens (including phenoxy) is 2. The molecule has 43 heavy (non-hydrogen) atoms. The van der Waals surface area contributed by atoms with E-state index in [1.807, 2.05) is 0 Å². The number of rotatable bonds is 11. The minimum absolute atomic E-state index is 0.0295. The maximum Gasteiger partial charge on any atom is 0.239 e. The van der Waals surface area contributed by atoms with Gasteiger partial charge in [-0.2, -0.15) is 0 Å². The molecule has 0 radical (unpaired) electrons. The zero-order valence-electron chi connectivity index (χ0n) is 26.4. The SMILES string of the molecule is O=C(NC1CCCCC1S(=O)(=O)NC(=O)C1CCCC(OCC2CCCCC2)C1)C1CCCC(OCC2CCCCC2)C1. The summed E-state index contributed by atoms with van der Waals surface area (Å²) in [6.45, 7) is 1.56. The van der Waals surface area contributed by atoms with Gasteiger partial charge in [0.15, 0.2) is 0 Å². The molecule has 9 heteroatoms. The Hall–Kier alpha value is -1.19. The highest BCUT2D eigenvalue weighted by Gasteiger charge is 2.40. The standard InChI is InChI=1S/C34H58N2O6S/c37-33(27-15-9-17-29(21-27)41-23-25-11-3-1-4-12-25)35-31-19-7-8-20-32(31)43(39,40)36-34(38)28-16-10-18-30(22-28)42-24-26-13-5-2-6-14-26/h25-32H,1-24H2,(H,35,37)(H,36,38). The average molecular weight is 623 g/mol.